The summed E-state index contributed by atoms with van der Waals surface area (Å²) >= 11 is 0. The molecule has 1 fully saturated rings. The zero-order valence-electron chi connectivity index (χ0n) is 17.0. The maximum atomic E-state index is 12.3. The highest BCUT2D eigenvalue weighted by Gasteiger charge is 2.38. The van der Waals surface area contributed by atoms with Gasteiger partial charge in [-0.25, -0.2) is 9.59 Å². The molecular formula is C21H23N3O7. The number of nitrogens with one attached hydrogen (secondary N) is 1. The predicted molar refractivity (Wildman–Crippen MR) is 107 cm³/mol. The molecule has 0 amide bonds. The summed E-state index contributed by atoms with van der Waals surface area (Å²) in [5.41, 5.74) is -0.306. The van der Waals surface area contributed by atoms with E-state index in [4.69, 9.17) is 24.2 Å². The van der Waals surface area contributed by atoms with Crippen molar-refractivity contribution >= 4 is 5.97 Å². The number of aromatic amines is 1. The Balaban J connectivity index is 1.68. The zero-order valence-corrected chi connectivity index (χ0v) is 17.0. The maximum Gasteiger partial charge on any atom is 0.338 e. The fourth-order valence-corrected chi connectivity index (χ4v) is 3.12. The Bertz CT molecular complexity index is 1040. The molecule has 0 saturated carbocycles. The van der Waals surface area contributed by atoms with Crippen molar-refractivity contribution in [2.24, 2.45) is 0 Å². The molecule has 1 aromatic heterocycles. The summed E-state index contributed by atoms with van der Waals surface area (Å²) in [6.45, 7) is 1.63. The van der Waals surface area contributed by atoms with Gasteiger partial charge in [0.15, 0.2) is 0 Å². The molecular weight excluding hydrogens is 406 g/mol. The first-order chi connectivity index (χ1) is 15.0. The minimum Gasteiger partial charge on any atom is -0.459 e. The Morgan fingerprint density at radius 1 is 1.32 bits per heavy atom. The Kier molecular flexibility index (Phi) is 7.72. The van der Waals surface area contributed by atoms with Gasteiger partial charge in [0.2, 0.25) is 0 Å². The summed E-state index contributed by atoms with van der Waals surface area (Å²) in [6.07, 6.45) is 0.0291. The second-order valence-corrected chi connectivity index (χ2v) is 6.95. The third kappa shape index (κ3) is 5.88. The molecule has 10 nitrogen and oxygen atoms in total. The number of aromatic nitrogens is 2. The summed E-state index contributed by atoms with van der Waals surface area (Å²) in [4.78, 5) is 38.4. The lowest BCUT2D eigenvalue weighted by Gasteiger charge is -2.19. The van der Waals surface area contributed by atoms with Gasteiger partial charge in [-0.2, -0.15) is 5.26 Å². The van der Waals surface area contributed by atoms with Crippen LogP contribution in [0.1, 0.15) is 35.0 Å². The van der Waals surface area contributed by atoms with E-state index in [1.54, 1.807) is 37.3 Å². The van der Waals surface area contributed by atoms with Crippen molar-refractivity contribution < 1.29 is 23.7 Å². The summed E-state index contributed by atoms with van der Waals surface area (Å²) < 4.78 is 23.5. The number of ether oxygens (including phenoxy) is 4. The molecule has 2 heterocycles. The van der Waals surface area contributed by atoms with E-state index in [0.717, 1.165) is 0 Å². The Hall–Kier alpha value is -3.26. The number of aryl methyl sites for hydroxylation is 1. The SMILES string of the molecule is Cc1cn([C@H]2CC(OCOCCC#N)[C@@H](COC(=O)c3ccccc3)O2)c(=O)[nH]c1=O. The van der Waals surface area contributed by atoms with Crippen molar-refractivity contribution in [3.63, 3.8) is 0 Å². The van der Waals surface area contributed by atoms with Crippen LogP contribution in [0.4, 0.5) is 0 Å². The normalized spacial score (nSPS) is 20.3. The van der Waals surface area contributed by atoms with Crippen molar-refractivity contribution in [1.82, 2.24) is 9.55 Å². The zero-order chi connectivity index (χ0) is 22.2. The average molecular weight is 429 g/mol. The molecule has 1 aromatic carbocycles. The number of benzene rings is 1. The third-order valence-corrected chi connectivity index (χ3v) is 4.75. The second kappa shape index (κ2) is 10.7. The molecule has 0 bridgehead atoms. The van der Waals surface area contributed by atoms with Gasteiger partial charge in [0, 0.05) is 18.2 Å². The summed E-state index contributed by atoms with van der Waals surface area (Å²) in [5.74, 6) is -0.506. The largest absolute Gasteiger partial charge is 0.459 e. The van der Waals surface area contributed by atoms with Gasteiger partial charge in [-0.05, 0) is 19.1 Å². The van der Waals surface area contributed by atoms with Crippen molar-refractivity contribution in [3.05, 3.63) is 68.5 Å². The molecule has 1 aliphatic rings. The van der Waals surface area contributed by atoms with Crippen LogP contribution in [-0.2, 0) is 18.9 Å². The van der Waals surface area contributed by atoms with E-state index in [2.05, 4.69) is 4.98 Å². The minimum atomic E-state index is -0.715. The lowest BCUT2D eigenvalue weighted by molar-refractivity contribution is -0.118. The lowest BCUT2D eigenvalue weighted by atomic mass is 10.2. The van der Waals surface area contributed by atoms with Crippen molar-refractivity contribution in [3.8, 4) is 6.07 Å². The minimum absolute atomic E-state index is 0.0783. The molecule has 0 spiro atoms. The van der Waals surface area contributed by atoms with E-state index < -0.39 is 35.7 Å². The van der Waals surface area contributed by atoms with Gasteiger partial charge in [-0.15, -0.1) is 0 Å². The Labute approximate surface area is 177 Å². The molecule has 31 heavy (non-hydrogen) atoms. The molecule has 3 atom stereocenters. The van der Waals surface area contributed by atoms with E-state index in [9.17, 15) is 14.4 Å². The van der Waals surface area contributed by atoms with Crippen LogP contribution in [0.25, 0.3) is 0 Å². The average Bonchev–Trinajstić information content (AvgIpc) is 3.17. The lowest BCUT2D eigenvalue weighted by Crippen LogP contribution is -2.33. The van der Waals surface area contributed by atoms with Gasteiger partial charge >= 0.3 is 11.7 Å². The van der Waals surface area contributed by atoms with Gasteiger partial charge < -0.3 is 18.9 Å². The Morgan fingerprint density at radius 3 is 2.84 bits per heavy atom. The summed E-state index contributed by atoms with van der Waals surface area (Å²) in [5, 5.41) is 8.57. The van der Waals surface area contributed by atoms with E-state index in [0.29, 0.717) is 11.1 Å². The van der Waals surface area contributed by atoms with E-state index >= 15 is 0 Å². The van der Waals surface area contributed by atoms with Gasteiger partial charge in [0.25, 0.3) is 5.56 Å². The number of nitrogens with zero attached hydrogens (tertiary/aromatic N) is 2. The number of hydrogen-bond donors (Lipinski definition) is 1. The molecule has 10 heteroatoms. The number of carbonyl (C=O) groups excluding carboxylic acids is 1. The van der Waals surface area contributed by atoms with E-state index in [-0.39, 0.29) is 32.8 Å². The predicted octanol–water partition coefficient (Wildman–Crippen LogP) is 1.26. The maximum absolute atomic E-state index is 12.3. The number of esters is 1. The molecule has 3 rings (SSSR count). The highest BCUT2D eigenvalue weighted by Crippen LogP contribution is 2.30. The standard InChI is InChI=1S/C21H23N3O7/c1-14-11-24(21(27)23-19(14)25)18-10-16(30-13-28-9-5-8-22)17(31-18)12-29-20(26)15-6-3-2-4-7-15/h2-4,6-7,11,16-18H,5,9-10,12-13H2,1H3,(H,23,25,27)/t16?,17-,18-/m1/s1. The number of nitriles is 1. The van der Waals surface area contributed by atoms with Gasteiger partial charge in [0.05, 0.1) is 30.8 Å². The van der Waals surface area contributed by atoms with Gasteiger partial charge in [0.1, 0.15) is 25.7 Å². The summed E-state index contributed by atoms with van der Waals surface area (Å²) in [6, 6.07) is 10.5. The van der Waals surface area contributed by atoms with Gasteiger partial charge in [-0.3, -0.25) is 14.3 Å². The molecule has 2 aromatic rings. The molecule has 1 aliphatic heterocycles. The molecule has 1 saturated heterocycles. The topological polar surface area (TPSA) is 133 Å². The quantitative estimate of drug-likeness (QED) is 0.358. The van der Waals surface area contributed by atoms with Crippen molar-refractivity contribution in [2.75, 3.05) is 20.0 Å². The van der Waals surface area contributed by atoms with Crippen LogP contribution in [0, 0.1) is 18.3 Å². The van der Waals surface area contributed by atoms with Gasteiger partial charge in [-0.1, -0.05) is 18.2 Å². The first-order valence-electron chi connectivity index (χ1n) is 9.75. The van der Waals surface area contributed by atoms with Crippen LogP contribution in [0.5, 0.6) is 0 Å². The fourth-order valence-electron chi connectivity index (χ4n) is 3.12. The van der Waals surface area contributed by atoms with E-state index in [1.807, 2.05) is 6.07 Å². The molecule has 1 N–H and O–H groups in total. The smallest absolute Gasteiger partial charge is 0.338 e. The number of hydrogen-bond acceptors (Lipinski definition) is 8. The van der Waals surface area contributed by atoms with Crippen LogP contribution in [0.2, 0.25) is 0 Å². The van der Waals surface area contributed by atoms with Crippen molar-refractivity contribution in [2.45, 2.75) is 38.2 Å². The number of rotatable bonds is 9. The molecule has 0 aliphatic carbocycles. The van der Waals surface area contributed by atoms with Crippen LogP contribution in [-0.4, -0.2) is 47.7 Å². The first-order valence-corrected chi connectivity index (χ1v) is 9.75. The van der Waals surface area contributed by atoms with Crippen molar-refractivity contribution in [1.29, 1.82) is 5.26 Å². The number of carbonyl (C=O) groups is 1. The second-order valence-electron chi connectivity index (χ2n) is 6.95. The first kappa shape index (κ1) is 22.4. The molecule has 164 valence electrons. The third-order valence-electron chi connectivity index (χ3n) is 4.75. The van der Waals surface area contributed by atoms with Crippen LogP contribution in [0.3, 0.4) is 0 Å². The number of H-pyrrole nitrogens is 1. The monoisotopic (exact) mass is 429 g/mol. The highest BCUT2D eigenvalue weighted by molar-refractivity contribution is 5.89. The van der Waals surface area contributed by atoms with Crippen LogP contribution < -0.4 is 11.2 Å². The fraction of sp³-hybridized carbons (Fsp3) is 0.429. The van der Waals surface area contributed by atoms with Crippen LogP contribution >= 0.6 is 0 Å². The van der Waals surface area contributed by atoms with Crippen LogP contribution in [0.15, 0.2) is 46.1 Å². The molecule has 1 unspecified atom stereocenters. The highest BCUT2D eigenvalue weighted by atomic mass is 16.7. The Morgan fingerprint density at radius 2 is 2.10 bits per heavy atom. The molecule has 0 radical (unpaired) electrons. The van der Waals surface area contributed by atoms with E-state index in [1.165, 1.54) is 10.8 Å². The summed E-state index contributed by atoms with van der Waals surface area (Å²) in [7, 11) is 0.